The lowest BCUT2D eigenvalue weighted by Gasteiger charge is -2.07. The molecule has 0 radical (unpaired) electrons. The molecule has 0 aliphatic rings. The molecule has 6 nitrogen and oxygen atoms in total. The molecule has 0 amide bonds. The normalized spacial score (nSPS) is 10.8. The Labute approximate surface area is 186 Å². The minimum atomic E-state index is -0.381. The summed E-state index contributed by atoms with van der Waals surface area (Å²) in [5.41, 5.74) is 1.32. The standard InChI is InChI=1S/C25H36O6/c1-4-5-16-28-19-20-30-24(26)15-12-22-10-13-23(14-11-22)29-17-8-6-7-9-18-31-25(27)21(2)3/h10-15H,2,4-9,16-20H2,1,3H3/b15-12+. The molecule has 0 aliphatic carbocycles. The topological polar surface area (TPSA) is 71.1 Å². The van der Waals surface area contributed by atoms with Gasteiger partial charge in [-0.1, -0.05) is 32.1 Å². The summed E-state index contributed by atoms with van der Waals surface area (Å²) >= 11 is 0. The zero-order chi connectivity index (χ0) is 22.7. The Morgan fingerprint density at radius 3 is 2.26 bits per heavy atom. The summed E-state index contributed by atoms with van der Waals surface area (Å²) in [7, 11) is 0. The predicted octanol–water partition coefficient (Wildman–Crippen LogP) is 5.12. The molecule has 6 heteroatoms. The predicted molar refractivity (Wildman–Crippen MR) is 122 cm³/mol. The van der Waals surface area contributed by atoms with Crippen LogP contribution in [-0.2, 0) is 23.8 Å². The van der Waals surface area contributed by atoms with Gasteiger partial charge in [0.2, 0.25) is 0 Å². The van der Waals surface area contributed by atoms with E-state index in [1.807, 2.05) is 24.3 Å². The molecular formula is C25H36O6. The molecule has 0 saturated heterocycles. The van der Waals surface area contributed by atoms with Gasteiger partial charge in [-0.05, 0) is 62.8 Å². The van der Waals surface area contributed by atoms with Crippen LogP contribution in [0.1, 0.15) is 57.9 Å². The lowest BCUT2D eigenvalue weighted by Crippen LogP contribution is -2.08. The van der Waals surface area contributed by atoms with Gasteiger partial charge in [-0.25, -0.2) is 9.59 Å². The maximum atomic E-state index is 11.7. The van der Waals surface area contributed by atoms with E-state index in [9.17, 15) is 9.59 Å². The van der Waals surface area contributed by atoms with Crippen molar-refractivity contribution in [3.8, 4) is 5.75 Å². The van der Waals surface area contributed by atoms with Gasteiger partial charge in [0.15, 0.2) is 0 Å². The third-order valence-corrected chi connectivity index (χ3v) is 4.30. The van der Waals surface area contributed by atoms with Gasteiger partial charge in [0.1, 0.15) is 12.4 Å². The van der Waals surface area contributed by atoms with Crippen molar-refractivity contribution in [3.63, 3.8) is 0 Å². The summed E-state index contributed by atoms with van der Waals surface area (Å²) in [6.45, 7) is 9.74. The molecule has 1 rings (SSSR count). The summed E-state index contributed by atoms with van der Waals surface area (Å²) in [6.07, 6.45) is 9.00. The Kier molecular flexibility index (Phi) is 14.6. The third-order valence-electron chi connectivity index (χ3n) is 4.30. The van der Waals surface area contributed by atoms with E-state index >= 15 is 0 Å². The molecule has 0 fully saturated rings. The lowest BCUT2D eigenvalue weighted by molar-refractivity contribution is -0.140. The van der Waals surface area contributed by atoms with Crippen LogP contribution in [0.3, 0.4) is 0 Å². The number of esters is 2. The fourth-order valence-corrected chi connectivity index (χ4v) is 2.47. The minimum Gasteiger partial charge on any atom is -0.494 e. The van der Waals surface area contributed by atoms with Gasteiger partial charge in [0.25, 0.3) is 0 Å². The molecule has 1 aromatic carbocycles. The molecule has 0 atom stereocenters. The van der Waals surface area contributed by atoms with Gasteiger partial charge >= 0.3 is 11.9 Å². The molecule has 172 valence electrons. The SMILES string of the molecule is C=C(C)C(=O)OCCCCCCOc1ccc(/C=C/C(=O)OCCOCCCC)cc1. The van der Waals surface area contributed by atoms with Crippen LogP contribution in [-0.4, -0.2) is 45.0 Å². The molecule has 1 aromatic rings. The number of unbranched alkanes of at least 4 members (excludes halogenated alkanes) is 4. The number of carbonyl (C=O) groups is 2. The second-order valence-electron chi connectivity index (χ2n) is 7.21. The van der Waals surface area contributed by atoms with Crippen LogP contribution >= 0.6 is 0 Å². The van der Waals surface area contributed by atoms with Crippen LogP contribution in [0.2, 0.25) is 0 Å². The molecule has 0 N–H and O–H groups in total. The summed E-state index contributed by atoms with van der Waals surface area (Å²) in [5, 5.41) is 0. The van der Waals surface area contributed by atoms with E-state index in [-0.39, 0.29) is 18.5 Å². The zero-order valence-corrected chi connectivity index (χ0v) is 18.9. The Bertz CT molecular complexity index is 678. The molecule has 0 heterocycles. The highest BCUT2D eigenvalue weighted by Gasteiger charge is 2.02. The average molecular weight is 433 g/mol. The van der Waals surface area contributed by atoms with Crippen molar-refractivity contribution in [1.29, 1.82) is 0 Å². The highest BCUT2D eigenvalue weighted by Crippen LogP contribution is 2.14. The average Bonchev–Trinajstić information content (AvgIpc) is 2.77. The molecule has 0 saturated carbocycles. The van der Waals surface area contributed by atoms with E-state index in [0.717, 1.165) is 49.8 Å². The van der Waals surface area contributed by atoms with E-state index in [4.69, 9.17) is 18.9 Å². The van der Waals surface area contributed by atoms with Crippen LogP contribution < -0.4 is 4.74 Å². The van der Waals surface area contributed by atoms with Crippen LogP contribution in [0.25, 0.3) is 6.08 Å². The first-order valence-electron chi connectivity index (χ1n) is 11.0. The van der Waals surface area contributed by atoms with Crippen molar-refractivity contribution in [2.24, 2.45) is 0 Å². The van der Waals surface area contributed by atoms with Crippen LogP contribution in [0, 0.1) is 0 Å². The largest absolute Gasteiger partial charge is 0.494 e. The molecule has 0 aliphatic heterocycles. The first-order chi connectivity index (χ1) is 15.0. The maximum absolute atomic E-state index is 11.7. The quantitative estimate of drug-likeness (QED) is 0.193. The van der Waals surface area contributed by atoms with Crippen molar-refractivity contribution in [1.82, 2.24) is 0 Å². The van der Waals surface area contributed by atoms with Crippen LogP contribution in [0.15, 0.2) is 42.5 Å². The summed E-state index contributed by atoms with van der Waals surface area (Å²) in [6, 6.07) is 7.54. The zero-order valence-electron chi connectivity index (χ0n) is 18.9. The van der Waals surface area contributed by atoms with Gasteiger partial charge in [-0.15, -0.1) is 0 Å². The van der Waals surface area contributed by atoms with Crippen molar-refractivity contribution in [2.75, 3.05) is 33.0 Å². The van der Waals surface area contributed by atoms with Gasteiger partial charge in [-0.3, -0.25) is 0 Å². The first-order valence-corrected chi connectivity index (χ1v) is 11.0. The molecular weight excluding hydrogens is 396 g/mol. The maximum Gasteiger partial charge on any atom is 0.333 e. The second-order valence-corrected chi connectivity index (χ2v) is 7.21. The fourth-order valence-electron chi connectivity index (χ4n) is 2.47. The van der Waals surface area contributed by atoms with Crippen molar-refractivity contribution in [3.05, 3.63) is 48.1 Å². The minimum absolute atomic E-state index is 0.263. The van der Waals surface area contributed by atoms with Gasteiger partial charge < -0.3 is 18.9 Å². The van der Waals surface area contributed by atoms with Crippen LogP contribution in [0.5, 0.6) is 5.75 Å². The molecule has 0 spiro atoms. The Balaban J connectivity index is 2.11. The summed E-state index contributed by atoms with van der Waals surface area (Å²) < 4.78 is 21.2. The second kappa shape index (κ2) is 17.1. The summed E-state index contributed by atoms with van der Waals surface area (Å²) in [4.78, 5) is 22.9. The Morgan fingerprint density at radius 2 is 1.58 bits per heavy atom. The Hall–Kier alpha value is -2.60. The molecule has 31 heavy (non-hydrogen) atoms. The summed E-state index contributed by atoms with van der Waals surface area (Å²) in [5.74, 6) is 0.0825. The highest BCUT2D eigenvalue weighted by atomic mass is 16.6. The molecule has 0 bridgehead atoms. The number of hydrogen-bond acceptors (Lipinski definition) is 6. The number of ether oxygens (including phenoxy) is 4. The number of carbonyl (C=O) groups excluding carboxylic acids is 2. The number of hydrogen-bond donors (Lipinski definition) is 0. The number of rotatable bonds is 17. The van der Waals surface area contributed by atoms with E-state index < -0.39 is 0 Å². The monoisotopic (exact) mass is 432 g/mol. The van der Waals surface area contributed by atoms with Gasteiger partial charge in [-0.2, -0.15) is 0 Å². The van der Waals surface area contributed by atoms with E-state index in [0.29, 0.717) is 32.0 Å². The van der Waals surface area contributed by atoms with E-state index in [1.54, 1.807) is 13.0 Å². The molecule has 0 unspecified atom stereocenters. The third kappa shape index (κ3) is 14.1. The van der Waals surface area contributed by atoms with Crippen molar-refractivity contribution in [2.45, 2.75) is 52.4 Å². The smallest absolute Gasteiger partial charge is 0.333 e. The first kappa shape index (κ1) is 26.4. The number of benzene rings is 1. The lowest BCUT2D eigenvalue weighted by atomic mass is 10.2. The molecule has 0 aromatic heterocycles. The van der Waals surface area contributed by atoms with E-state index in [1.165, 1.54) is 6.08 Å². The van der Waals surface area contributed by atoms with Gasteiger partial charge in [0.05, 0.1) is 19.8 Å². The highest BCUT2D eigenvalue weighted by molar-refractivity contribution is 5.87. The van der Waals surface area contributed by atoms with E-state index in [2.05, 4.69) is 13.5 Å². The van der Waals surface area contributed by atoms with Crippen molar-refractivity contribution < 1.29 is 28.5 Å². The van der Waals surface area contributed by atoms with Crippen LogP contribution in [0.4, 0.5) is 0 Å². The van der Waals surface area contributed by atoms with Gasteiger partial charge in [0, 0.05) is 18.3 Å². The Morgan fingerprint density at radius 1 is 0.871 bits per heavy atom. The fraction of sp³-hybridized carbons (Fsp3) is 0.520. The van der Waals surface area contributed by atoms with Crippen molar-refractivity contribution >= 4 is 18.0 Å².